The molecule has 1 N–H and O–H groups in total. The van der Waals surface area contributed by atoms with E-state index < -0.39 is 0 Å². The monoisotopic (exact) mass is 428 g/mol. The van der Waals surface area contributed by atoms with Crippen molar-refractivity contribution in [3.63, 3.8) is 0 Å². The van der Waals surface area contributed by atoms with Gasteiger partial charge >= 0.3 is 0 Å². The van der Waals surface area contributed by atoms with Crippen LogP contribution >= 0.6 is 35.4 Å². The fourth-order valence-corrected chi connectivity index (χ4v) is 3.27. The first kappa shape index (κ1) is 20.3. The van der Waals surface area contributed by atoms with Crippen LogP contribution in [0.4, 0.5) is 0 Å². The first-order valence-electron chi connectivity index (χ1n) is 8.63. The number of aromatic nitrogens is 1. The summed E-state index contributed by atoms with van der Waals surface area (Å²) in [5.74, 6) is -0.236. The van der Waals surface area contributed by atoms with Crippen molar-refractivity contribution in [3.05, 3.63) is 99.8 Å². The lowest BCUT2D eigenvalue weighted by molar-refractivity contribution is -0.578. The second kappa shape index (κ2) is 9.20. The molecule has 3 rings (SSSR count). The molecule has 142 valence electrons. The Morgan fingerprint density at radius 3 is 2.46 bits per heavy atom. The molecule has 3 aromatic rings. The van der Waals surface area contributed by atoms with E-state index >= 15 is 0 Å². The topological polar surface area (TPSA) is 39.0 Å². The number of benzene rings is 2. The molecule has 0 fully saturated rings. The Hall–Kier alpha value is -2.40. The van der Waals surface area contributed by atoms with E-state index in [1.807, 2.05) is 55.6 Å². The van der Waals surface area contributed by atoms with Gasteiger partial charge in [-0.15, -0.1) is 0 Å². The van der Waals surface area contributed by atoms with E-state index in [0.29, 0.717) is 32.8 Å². The van der Waals surface area contributed by atoms with E-state index in [-0.39, 0.29) is 5.76 Å². The van der Waals surface area contributed by atoms with Crippen LogP contribution in [0.2, 0.25) is 10.0 Å². The number of rotatable bonds is 5. The van der Waals surface area contributed by atoms with Crippen LogP contribution in [-0.4, -0.2) is 4.99 Å². The van der Waals surface area contributed by atoms with Crippen molar-refractivity contribution < 1.29 is 9.67 Å². The van der Waals surface area contributed by atoms with Gasteiger partial charge in [0.2, 0.25) is 5.70 Å². The molecule has 0 saturated carbocycles. The summed E-state index contributed by atoms with van der Waals surface area (Å²) in [4.78, 5) is 0.357. The maximum Gasteiger partial charge on any atom is 0.237 e. The lowest BCUT2D eigenvalue weighted by atomic mass is 10.1. The van der Waals surface area contributed by atoms with Crippen LogP contribution in [0.25, 0.3) is 11.5 Å². The summed E-state index contributed by atoms with van der Waals surface area (Å²) in [7, 11) is 0. The maximum absolute atomic E-state index is 13.3. The summed E-state index contributed by atoms with van der Waals surface area (Å²) in [6.07, 6.45) is 3.66. The van der Waals surface area contributed by atoms with E-state index in [2.05, 4.69) is 5.32 Å². The van der Waals surface area contributed by atoms with Gasteiger partial charge in [0.05, 0.1) is 10.0 Å². The van der Waals surface area contributed by atoms with Crippen LogP contribution in [0.3, 0.4) is 0 Å². The largest absolute Gasteiger partial charge is 0.867 e. The lowest BCUT2D eigenvalue weighted by Gasteiger charge is -2.17. The van der Waals surface area contributed by atoms with Crippen molar-refractivity contribution in [2.75, 3.05) is 0 Å². The molecule has 0 unspecified atom stereocenters. The van der Waals surface area contributed by atoms with Gasteiger partial charge in [-0.25, -0.2) is 0 Å². The maximum atomic E-state index is 13.3. The van der Waals surface area contributed by atoms with Crippen molar-refractivity contribution in [2.24, 2.45) is 0 Å². The number of nitrogens with one attached hydrogen (secondary N) is 1. The molecule has 0 bridgehead atoms. The Kier molecular flexibility index (Phi) is 6.68. The molecule has 0 atom stereocenters. The zero-order valence-corrected chi connectivity index (χ0v) is 17.5. The van der Waals surface area contributed by atoms with Crippen molar-refractivity contribution >= 4 is 51.9 Å². The van der Waals surface area contributed by atoms with Crippen molar-refractivity contribution in [1.29, 1.82) is 0 Å². The molecule has 0 aliphatic rings. The van der Waals surface area contributed by atoms with E-state index in [1.165, 1.54) is 0 Å². The van der Waals surface area contributed by atoms with Gasteiger partial charge in [-0.1, -0.05) is 71.8 Å². The van der Waals surface area contributed by atoms with E-state index in [0.717, 1.165) is 11.1 Å². The highest BCUT2D eigenvalue weighted by Gasteiger charge is 2.19. The highest BCUT2D eigenvalue weighted by Crippen LogP contribution is 2.26. The van der Waals surface area contributed by atoms with E-state index in [4.69, 9.17) is 35.4 Å². The standard InChI is InChI=1S/C22H18Cl2N2OS/c1-15-6-5-11-26(14-15)20(21(27)17-9-10-18(23)19(24)12-17)22(28)25-13-16-7-3-2-4-8-16/h2-12,14H,13H2,1H3,(H-,25,27,28). The molecule has 1 heterocycles. The minimum Gasteiger partial charge on any atom is -0.867 e. The number of hydrogen-bond donors (Lipinski definition) is 1. The molecule has 6 heteroatoms. The Labute approximate surface area is 179 Å². The number of pyridine rings is 1. The molecule has 0 spiro atoms. The quantitative estimate of drug-likeness (QED) is 0.283. The van der Waals surface area contributed by atoms with Gasteiger partial charge in [-0.3, -0.25) is 0 Å². The van der Waals surface area contributed by atoms with Crippen LogP contribution in [0.15, 0.2) is 73.1 Å². The van der Waals surface area contributed by atoms with Crippen LogP contribution in [-0.2, 0) is 6.54 Å². The van der Waals surface area contributed by atoms with Crippen LogP contribution in [0.5, 0.6) is 0 Å². The molecule has 0 amide bonds. The molecular weight excluding hydrogens is 411 g/mol. The fraction of sp³-hybridized carbons (Fsp3) is 0.0909. The number of nitrogens with zero attached hydrogens (tertiary/aromatic N) is 1. The van der Waals surface area contributed by atoms with Crippen LogP contribution < -0.4 is 15.0 Å². The highest BCUT2D eigenvalue weighted by atomic mass is 35.5. The number of halogens is 2. The minimum absolute atomic E-state index is 0.236. The van der Waals surface area contributed by atoms with E-state index in [9.17, 15) is 5.11 Å². The Morgan fingerprint density at radius 2 is 1.79 bits per heavy atom. The predicted molar refractivity (Wildman–Crippen MR) is 117 cm³/mol. The van der Waals surface area contributed by atoms with Crippen molar-refractivity contribution in [3.8, 4) is 0 Å². The summed E-state index contributed by atoms with van der Waals surface area (Å²) in [5.41, 5.74) is 2.85. The molecule has 0 aliphatic carbocycles. The predicted octanol–water partition coefficient (Wildman–Crippen LogP) is 4.39. The Morgan fingerprint density at radius 1 is 1.04 bits per heavy atom. The molecule has 1 aromatic heterocycles. The normalized spacial score (nSPS) is 11.7. The summed E-state index contributed by atoms with van der Waals surface area (Å²) < 4.78 is 1.74. The molecule has 0 radical (unpaired) electrons. The summed E-state index contributed by atoms with van der Waals surface area (Å²) >= 11 is 17.7. The summed E-state index contributed by atoms with van der Waals surface area (Å²) in [6.45, 7) is 2.47. The Balaban J connectivity index is 2.01. The van der Waals surface area contributed by atoms with Gasteiger partial charge in [-0.2, -0.15) is 4.57 Å². The second-order valence-electron chi connectivity index (χ2n) is 6.26. The number of aryl methyl sites for hydroxylation is 1. The molecule has 28 heavy (non-hydrogen) atoms. The zero-order valence-electron chi connectivity index (χ0n) is 15.2. The molecule has 0 saturated heterocycles. The van der Waals surface area contributed by atoms with Gasteiger partial charge in [0, 0.05) is 18.2 Å². The van der Waals surface area contributed by atoms with Gasteiger partial charge in [0.1, 0.15) is 0 Å². The first-order chi connectivity index (χ1) is 13.5. The first-order valence-corrected chi connectivity index (χ1v) is 9.79. The Bertz CT molecular complexity index is 1040. The van der Waals surface area contributed by atoms with Gasteiger partial charge in [0.15, 0.2) is 17.4 Å². The number of thiocarbonyl (C=S) groups is 1. The third-order valence-corrected chi connectivity index (χ3v) is 5.19. The smallest absolute Gasteiger partial charge is 0.237 e. The van der Waals surface area contributed by atoms with Gasteiger partial charge in [0.25, 0.3) is 0 Å². The average molecular weight is 429 g/mol. The third-order valence-electron chi connectivity index (χ3n) is 4.11. The summed E-state index contributed by atoms with van der Waals surface area (Å²) in [6, 6.07) is 18.5. The highest BCUT2D eigenvalue weighted by molar-refractivity contribution is 7.81. The van der Waals surface area contributed by atoms with Crippen LogP contribution in [0.1, 0.15) is 16.7 Å². The van der Waals surface area contributed by atoms with Crippen molar-refractivity contribution in [1.82, 2.24) is 5.32 Å². The minimum atomic E-state index is -0.236. The lowest BCUT2D eigenvalue weighted by Crippen LogP contribution is -2.42. The molecule has 3 nitrogen and oxygen atoms in total. The van der Waals surface area contributed by atoms with Gasteiger partial charge in [-0.05, 0) is 42.0 Å². The zero-order chi connectivity index (χ0) is 20.1. The summed E-state index contributed by atoms with van der Waals surface area (Å²) in [5, 5.41) is 17.2. The van der Waals surface area contributed by atoms with Crippen LogP contribution in [0, 0.1) is 6.92 Å². The average Bonchev–Trinajstić information content (AvgIpc) is 2.69. The van der Waals surface area contributed by atoms with E-state index in [1.54, 1.807) is 29.0 Å². The second-order valence-corrected chi connectivity index (χ2v) is 7.49. The fourth-order valence-electron chi connectivity index (χ4n) is 2.71. The molecular formula is C22H18Cl2N2OS. The SMILES string of the molecule is Cc1ccc[n+](/C(C(=S)NCc2ccccc2)=C(/[O-])c2ccc(Cl)c(Cl)c2)c1. The molecule has 0 aliphatic heterocycles. The third kappa shape index (κ3) is 4.90. The number of hydrogen-bond acceptors (Lipinski definition) is 2. The molecule has 2 aromatic carbocycles. The van der Waals surface area contributed by atoms with Crippen molar-refractivity contribution in [2.45, 2.75) is 13.5 Å². The van der Waals surface area contributed by atoms with Gasteiger partial charge < -0.3 is 10.4 Å².